The molecule has 0 unspecified atom stereocenters. The highest BCUT2D eigenvalue weighted by molar-refractivity contribution is 5.92. The lowest BCUT2D eigenvalue weighted by Gasteiger charge is -2.13. The molecule has 130 valence electrons. The fourth-order valence-electron chi connectivity index (χ4n) is 2.28. The smallest absolute Gasteiger partial charge is 0.341 e. The van der Waals surface area contributed by atoms with Crippen LogP contribution in [-0.4, -0.2) is 20.2 Å². The van der Waals surface area contributed by atoms with Crippen LogP contribution in [0.1, 0.15) is 21.5 Å². The molecule has 2 rings (SSSR count). The molecule has 0 aromatic heterocycles. The van der Waals surface area contributed by atoms with Crippen molar-refractivity contribution in [2.45, 2.75) is 6.61 Å². The lowest BCUT2D eigenvalue weighted by molar-refractivity contribution is 0.0595. The first-order valence-electron chi connectivity index (χ1n) is 7.62. The van der Waals surface area contributed by atoms with E-state index in [0.29, 0.717) is 28.2 Å². The Hall–Kier alpha value is -3.77. The largest absolute Gasteiger partial charge is 0.496 e. The average Bonchev–Trinajstić information content (AvgIpc) is 2.70. The van der Waals surface area contributed by atoms with E-state index in [1.165, 1.54) is 20.3 Å². The summed E-state index contributed by atoms with van der Waals surface area (Å²) in [6, 6.07) is 15.6. The molecule has 0 heterocycles. The Bertz CT molecular complexity index is 904. The van der Waals surface area contributed by atoms with Crippen molar-refractivity contribution in [1.29, 1.82) is 10.5 Å². The summed E-state index contributed by atoms with van der Waals surface area (Å²) in [5.74, 6) is 0.488. The van der Waals surface area contributed by atoms with Gasteiger partial charge in [0.1, 0.15) is 41.4 Å². The molecule has 0 radical (unpaired) electrons. The van der Waals surface area contributed by atoms with Gasteiger partial charge in [0.15, 0.2) is 0 Å². The number of carbonyl (C=O) groups is 1. The number of carbonyl (C=O) groups excluding carboxylic acids is 1. The van der Waals surface area contributed by atoms with E-state index in [0.717, 1.165) is 0 Å². The fraction of sp³-hybridized carbons (Fsp3) is 0.150. The Kier molecular flexibility index (Phi) is 6.36. The van der Waals surface area contributed by atoms with Crippen LogP contribution in [0.25, 0.3) is 6.08 Å². The molecule has 2 aromatic carbocycles. The average molecular weight is 348 g/mol. The maximum Gasteiger partial charge on any atom is 0.341 e. The molecule has 6 nitrogen and oxygen atoms in total. The molecule has 0 bridgehead atoms. The molecule has 0 amide bonds. The number of ether oxygens (including phenoxy) is 3. The number of hydrogen-bond acceptors (Lipinski definition) is 6. The van der Waals surface area contributed by atoms with Crippen LogP contribution in [0.4, 0.5) is 0 Å². The van der Waals surface area contributed by atoms with Gasteiger partial charge in [0.05, 0.1) is 14.2 Å². The van der Waals surface area contributed by atoms with E-state index < -0.39 is 5.97 Å². The van der Waals surface area contributed by atoms with Gasteiger partial charge in [-0.05, 0) is 35.9 Å². The highest BCUT2D eigenvalue weighted by Crippen LogP contribution is 2.25. The molecule has 26 heavy (non-hydrogen) atoms. The maximum atomic E-state index is 11.8. The van der Waals surface area contributed by atoms with Gasteiger partial charge in [0.2, 0.25) is 0 Å². The van der Waals surface area contributed by atoms with Crippen LogP contribution in [0.3, 0.4) is 0 Å². The summed E-state index contributed by atoms with van der Waals surface area (Å²) in [5, 5.41) is 17.8. The highest BCUT2D eigenvalue weighted by atomic mass is 16.5. The summed E-state index contributed by atoms with van der Waals surface area (Å²) in [6.07, 6.45) is 1.48. The Morgan fingerprint density at radius 2 is 1.81 bits per heavy atom. The predicted octanol–water partition coefficient (Wildman–Crippen LogP) is 3.49. The topological polar surface area (TPSA) is 92.3 Å². The van der Waals surface area contributed by atoms with E-state index in [2.05, 4.69) is 0 Å². The third-order valence-electron chi connectivity index (χ3n) is 3.53. The molecule has 0 saturated heterocycles. The minimum Gasteiger partial charge on any atom is -0.496 e. The first kappa shape index (κ1) is 18.6. The minimum absolute atomic E-state index is 0.00179. The molecule has 0 aliphatic rings. The lowest BCUT2D eigenvalue weighted by Crippen LogP contribution is -2.06. The Morgan fingerprint density at radius 1 is 1.08 bits per heavy atom. The van der Waals surface area contributed by atoms with Crippen LogP contribution in [-0.2, 0) is 11.3 Å². The van der Waals surface area contributed by atoms with Crippen LogP contribution in [0, 0.1) is 22.7 Å². The predicted molar refractivity (Wildman–Crippen MR) is 94.3 cm³/mol. The SMILES string of the molecule is COC(=O)c1ccccc1OCc1cc(C=C(C#N)C#N)ccc1OC. The fourth-order valence-corrected chi connectivity index (χ4v) is 2.28. The zero-order chi connectivity index (χ0) is 18.9. The van der Waals surface area contributed by atoms with Gasteiger partial charge in [-0.1, -0.05) is 18.2 Å². The van der Waals surface area contributed by atoms with Crippen molar-refractivity contribution in [2.24, 2.45) is 0 Å². The third kappa shape index (κ3) is 4.40. The molecule has 0 atom stereocenters. The van der Waals surface area contributed by atoms with Crippen LogP contribution >= 0.6 is 0 Å². The van der Waals surface area contributed by atoms with Crippen molar-refractivity contribution in [3.05, 3.63) is 64.7 Å². The number of nitriles is 2. The van der Waals surface area contributed by atoms with Crippen molar-refractivity contribution < 1.29 is 19.0 Å². The molecule has 0 N–H and O–H groups in total. The third-order valence-corrected chi connectivity index (χ3v) is 3.53. The number of rotatable bonds is 6. The number of hydrogen-bond donors (Lipinski definition) is 0. The van der Waals surface area contributed by atoms with Gasteiger partial charge in [0.25, 0.3) is 0 Å². The molecular formula is C20H16N2O4. The van der Waals surface area contributed by atoms with E-state index in [-0.39, 0.29) is 12.2 Å². The van der Waals surface area contributed by atoms with Crippen molar-refractivity contribution in [2.75, 3.05) is 14.2 Å². The molecule has 0 aliphatic carbocycles. The van der Waals surface area contributed by atoms with Gasteiger partial charge in [-0.15, -0.1) is 0 Å². The number of allylic oxidation sites excluding steroid dienone is 1. The second-order valence-electron chi connectivity index (χ2n) is 5.13. The molecule has 0 aliphatic heterocycles. The second-order valence-corrected chi connectivity index (χ2v) is 5.13. The van der Waals surface area contributed by atoms with Gasteiger partial charge in [0, 0.05) is 5.56 Å². The van der Waals surface area contributed by atoms with Crippen molar-refractivity contribution >= 4 is 12.0 Å². The second kappa shape index (κ2) is 8.91. The molecule has 0 fully saturated rings. The molecule has 0 spiro atoms. The molecule has 6 heteroatoms. The number of para-hydroxylation sites is 1. The van der Waals surface area contributed by atoms with Gasteiger partial charge >= 0.3 is 5.97 Å². The summed E-state index contributed by atoms with van der Waals surface area (Å²) < 4.78 is 15.8. The summed E-state index contributed by atoms with van der Waals surface area (Å²) in [7, 11) is 2.84. The van der Waals surface area contributed by atoms with Crippen LogP contribution < -0.4 is 9.47 Å². The first-order chi connectivity index (χ1) is 12.6. The minimum atomic E-state index is -0.489. The zero-order valence-electron chi connectivity index (χ0n) is 14.4. The first-order valence-corrected chi connectivity index (χ1v) is 7.62. The normalized spacial score (nSPS) is 9.38. The van der Waals surface area contributed by atoms with Crippen LogP contribution in [0.5, 0.6) is 11.5 Å². The van der Waals surface area contributed by atoms with Crippen LogP contribution in [0.15, 0.2) is 48.0 Å². The highest BCUT2D eigenvalue weighted by Gasteiger charge is 2.13. The Morgan fingerprint density at radius 3 is 2.46 bits per heavy atom. The maximum absolute atomic E-state index is 11.8. The summed E-state index contributed by atoms with van der Waals surface area (Å²) in [6.45, 7) is 0.132. The molecule has 2 aromatic rings. The van der Waals surface area contributed by atoms with E-state index in [1.807, 2.05) is 12.1 Å². The number of esters is 1. The van der Waals surface area contributed by atoms with Crippen molar-refractivity contribution in [1.82, 2.24) is 0 Å². The van der Waals surface area contributed by atoms with Gasteiger partial charge in [-0.25, -0.2) is 4.79 Å². The molecular weight excluding hydrogens is 332 g/mol. The Labute approximate surface area is 151 Å². The van der Waals surface area contributed by atoms with Gasteiger partial charge < -0.3 is 14.2 Å². The van der Waals surface area contributed by atoms with Crippen molar-refractivity contribution in [3.8, 4) is 23.6 Å². The monoisotopic (exact) mass is 348 g/mol. The van der Waals surface area contributed by atoms with E-state index in [1.54, 1.807) is 42.5 Å². The number of nitrogens with zero attached hydrogens (tertiary/aromatic N) is 2. The summed E-state index contributed by atoms with van der Waals surface area (Å²) in [4.78, 5) is 11.8. The van der Waals surface area contributed by atoms with Crippen LogP contribution in [0.2, 0.25) is 0 Å². The molecule has 0 saturated carbocycles. The summed E-state index contributed by atoms with van der Waals surface area (Å²) >= 11 is 0. The van der Waals surface area contributed by atoms with E-state index >= 15 is 0 Å². The van der Waals surface area contributed by atoms with Gasteiger partial charge in [-0.2, -0.15) is 10.5 Å². The summed E-state index contributed by atoms with van der Waals surface area (Å²) in [5.41, 5.74) is 1.69. The van der Waals surface area contributed by atoms with Gasteiger partial charge in [-0.3, -0.25) is 0 Å². The van der Waals surface area contributed by atoms with E-state index in [9.17, 15) is 4.79 Å². The quantitative estimate of drug-likeness (QED) is 0.586. The number of methoxy groups -OCH3 is 2. The lowest BCUT2D eigenvalue weighted by atomic mass is 10.1. The van der Waals surface area contributed by atoms with E-state index in [4.69, 9.17) is 24.7 Å². The zero-order valence-corrected chi connectivity index (χ0v) is 14.4. The number of benzene rings is 2. The van der Waals surface area contributed by atoms with Crippen molar-refractivity contribution in [3.63, 3.8) is 0 Å². The standard InChI is InChI=1S/C20H16N2O4/c1-24-18-8-7-14(9-15(11-21)12-22)10-16(18)13-26-19-6-4-3-5-17(19)20(23)25-2/h3-10H,13H2,1-2H3. The Balaban J connectivity index is 2.30.